The summed E-state index contributed by atoms with van der Waals surface area (Å²) in [5.74, 6) is 1.49. The van der Waals surface area contributed by atoms with Gasteiger partial charge in [0, 0.05) is 62.4 Å². The molecule has 5 heteroatoms. The fraction of sp³-hybridized carbons (Fsp3) is 0.625. The number of methoxy groups -OCH3 is 1. The maximum Gasteiger partial charge on any atom is 0.185 e. The lowest BCUT2D eigenvalue weighted by Crippen LogP contribution is -2.48. The zero-order valence-corrected chi connectivity index (χ0v) is 19.9. The Kier molecular flexibility index (Phi) is 7.23. The van der Waals surface area contributed by atoms with E-state index in [-0.39, 0.29) is 6.10 Å². The van der Waals surface area contributed by atoms with Crippen LogP contribution in [0.1, 0.15) is 62.0 Å². The molecule has 4 unspecified atom stereocenters. The minimum absolute atomic E-state index is 0.221. The molecule has 160 valence electrons. The fourth-order valence-corrected chi connectivity index (χ4v) is 6.15. The molecule has 0 amide bonds. The number of nitrogens with zero attached hydrogens (tertiary/aromatic N) is 3. The minimum atomic E-state index is 0.221. The molecule has 2 aromatic rings. The van der Waals surface area contributed by atoms with Gasteiger partial charge < -0.3 is 14.5 Å². The summed E-state index contributed by atoms with van der Waals surface area (Å²) in [6.45, 7) is 14.2. The van der Waals surface area contributed by atoms with E-state index in [1.807, 2.05) is 18.4 Å². The van der Waals surface area contributed by atoms with Gasteiger partial charge in [0.1, 0.15) is 0 Å². The first-order chi connectivity index (χ1) is 14.0. The molecule has 4 nitrogen and oxygen atoms in total. The van der Waals surface area contributed by atoms with Crippen LogP contribution in [-0.4, -0.2) is 44.9 Å². The monoisotopic (exact) mass is 415 g/mol. The van der Waals surface area contributed by atoms with Crippen LogP contribution < -0.4 is 9.80 Å². The zero-order valence-electron chi connectivity index (χ0n) is 19.1. The van der Waals surface area contributed by atoms with E-state index >= 15 is 0 Å². The lowest BCUT2D eigenvalue weighted by Gasteiger charge is -2.51. The molecule has 29 heavy (non-hydrogen) atoms. The lowest BCUT2D eigenvalue weighted by molar-refractivity contribution is -0.0509. The Morgan fingerprint density at radius 2 is 1.79 bits per heavy atom. The third-order valence-electron chi connectivity index (χ3n) is 6.78. The highest BCUT2D eigenvalue weighted by Gasteiger charge is 2.52. The second-order valence-electron chi connectivity index (χ2n) is 8.10. The van der Waals surface area contributed by atoms with Gasteiger partial charge in [-0.2, -0.15) is 0 Å². The summed E-state index contributed by atoms with van der Waals surface area (Å²) in [5.41, 5.74) is 4.11. The number of aromatic nitrogens is 1. The van der Waals surface area contributed by atoms with Gasteiger partial charge in [-0.25, -0.2) is 4.98 Å². The Balaban J connectivity index is 1.88. The molecule has 0 aliphatic heterocycles. The molecule has 0 spiro atoms. The molecule has 3 rings (SSSR count). The highest BCUT2D eigenvalue weighted by molar-refractivity contribution is 7.15. The van der Waals surface area contributed by atoms with Crippen LogP contribution >= 0.6 is 11.3 Å². The van der Waals surface area contributed by atoms with Crippen molar-refractivity contribution in [1.82, 2.24) is 4.98 Å². The first kappa shape index (κ1) is 22.1. The maximum absolute atomic E-state index is 6.08. The van der Waals surface area contributed by atoms with Gasteiger partial charge in [0.15, 0.2) is 5.13 Å². The van der Waals surface area contributed by atoms with Crippen molar-refractivity contribution in [2.24, 2.45) is 5.92 Å². The van der Waals surface area contributed by atoms with Crippen molar-refractivity contribution >= 4 is 22.2 Å². The van der Waals surface area contributed by atoms with Crippen molar-refractivity contribution < 1.29 is 4.74 Å². The van der Waals surface area contributed by atoms with E-state index in [1.165, 1.54) is 21.7 Å². The summed E-state index contributed by atoms with van der Waals surface area (Å²) in [6.07, 6.45) is 3.47. The van der Waals surface area contributed by atoms with E-state index in [0.717, 1.165) is 31.2 Å². The van der Waals surface area contributed by atoms with Crippen molar-refractivity contribution in [2.45, 2.75) is 59.0 Å². The third kappa shape index (κ3) is 4.04. The number of benzene rings is 1. The van der Waals surface area contributed by atoms with E-state index < -0.39 is 0 Å². The Labute approximate surface area is 180 Å². The summed E-state index contributed by atoms with van der Waals surface area (Å²) >= 11 is 1.85. The second kappa shape index (κ2) is 9.48. The number of ether oxygens (including phenoxy) is 1. The van der Waals surface area contributed by atoms with E-state index in [1.54, 1.807) is 0 Å². The van der Waals surface area contributed by atoms with E-state index in [4.69, 9.17) is 9.72 Å². The number of rotatable bonds is 9. The second-order valence-corrected chi connectivity index (χ2v) is 9.14. The van der Waals surface area contributed by atoms with Crippen LogP contribution in [0, 0.1) is 12.8 Å². The van der Waals surface area contributed by atoms with Gasteiger partial charge in [-0.05, 0) is 56.9 Å². The van der Waals surface area contributed by atoms with Crippen LogP contribution in [0.2, 0.25) is 0 Å². The third-order valence-corrected chi connectivity index (χ3v) is 7.93. The van der Waals surface area contributed by atoms with Gasteiger partial charge in [-0.15, -0.1) is 11.3 Å². The average molecular weight is 416 g/mol. The van der Waals surface area contributed by atoms with Crippen LogP contribution in [-0.2, 0) is 4.74 Å². The van der Waals surface area contributed by atoms with Gasteiger partial charge in [0.2, 0.25) is 0 Å². The maximum atomic E-state index is 6.08. The Morgan fingerprint density at radius 3 is 2.34 bits per heavy atom. The first-order valence-corrected chi connectivity index (χ1v) is 11.9. The highest BCUT2D eigenvalue weighted by atomic mass is 32.1. The van der Waals surface area contributed by atoms with E-state index in [9.17, 15) is 0 Å². The molecule has 1 aliphatic rings. The number of thiazole rings is 1. The molecular weight excluding hydrogens is 378 g/mol. The molecule has 0 saturated heterocycles. The Hall–Kier alpha value is -1.59. The summed E-state index contributed by atoms with van der Waals surface area (Å²) in [6, 6.07) is 6.93. The van der Waals surface area contributed by atoms with Crippen molar-refractivity contribution in [1.29, 1.82) is 0 Å². The Bertz CT molecular complexity index is 789. The SMILES string of the molecule is CCC1C(c2cnc(N(CC)CC)s2)C(OC)C1c1ccc(N(C)CC)cc1C. The fourth-order valence-electron chi connectivity index (χ4n) is 4.90. The summed E-state index contributed by atoms with van der Waals surface area (Å²) in [5, 5.41) is 1.14. The lowest BCUT2D eigenvalue weighted by atomic mass is 9.57. The number of hydrogen-bond acceptors (Lipinski definition) is 5. The molecule has 0 radical (unpaired) electrons. The van der Waals surface area contributed by atoms with Gasteiger partial charge >= 0.3 is 0 Å². The van der Waals surface area contributed by atoms with Crippen LogP contribution in [0.5, 0.6) is 0 Å². The normalized spacial score (nSPS) is 23.7. The molecule has 1 heterocycles. The van der Waals surface area contributed by atoms with Crippen molar-refractivity contribution in [3.8, 4) is 0 Å². The predicted molar refractivity (Wildman–Crippen MR) is 126 cm³/mol. The largest absolute Gasteiger partial charge is 0.380 e. The molecule has 1 aliphatic carbocycles. The Morgan fingerprint density at radius 1 is 1.07 bits per heavy atom. The average Bonchev–Trinajstić information content (AvgIpc) is 3.18. The van der Waals surface area contributed by atoms with Crippen LogP contribution in [0.3, 0.4) is 0 Å². The molecular formula is C24H37N3OS. The molecule has 4 atom stereocenters. The van der Waals surface area contributed by atoms with Crippen LogP contribution in [0.4, 0.5) is 10.8 Å². The minimum Gasteiger partial charge on any atom is -0.380 e. The zero-order chi connectivity index (χ0) is 21.1. The first-order valence-electron chi connectivity index (χ1n) is 11.1. The number of aryl methyl sites for hydroxylation is 1. The van der Waals surface area contributed by atoms with E-state index in [2.05, 4.69) is 75.9 Å². The van der Waals surface area contributed by atoms with Gasteiger partial charge in [0.05, 0.1) is 6.10 Å². The summed E-state index contributed by atoms with van der Waals surface area (Å²) in [4.78, 5) is 10.7. The summed E-state index contributed by atoms with van der Waals surface area (Å²) < 4.78 is 6.08. The molecule has 1 aromatic heterocycles. The van der Waals surface area contributed by atoms with E-state index in [0.29, 0.717) is 17.8 Å². The van der Waals surface area contributed by atoms with Crippen LogP contribution in [0.15, 0.2) is 24.4 Å². The van der Waals surface area contributed by atoms with Crippen molar-refractivity contribution in [3.05, 3.63) is 40.4 Å². The van der Waals surface area contributed by atoms with Gasteiger partial charge in [-0.3, -0.25) is 0 Å². The van der Waals surface area contributed by atoms with Crippen molar-refractivity contribution in [3.63, 3.8) is 0 Å². The highest BCUT2D eigenvalue weighted by Crippen LogP contribution is 2.57. The molecule has 1 saturated carbocycles. The topological polar surface area (TPSA) is 28.6 Å². The van der Waals surface area contributed by atoms with Crippen molar-refractivity contribution in [2.75, 3.05) is 43.6 Å². The predicted octanol–water partition coefficient (Wildman–Crippen LogP) is 5.68. The van der Waals surface area contributed by atoms with Crippen LogP contribution in [0.25, 0.3) is 0 Å². The van der Waals surface area contributed by atoms with Gasteiger partial charge in [0.25, 0.3) is 0 Å². The molecule has 0 bridgehead atoms. The standard InChI is InChI=1S/C24H37N3OS/c1-8-18-21(19-13-12-17(14-16(19)5)26(6)9-2)23(28-7)22(18)20-15-25-24(29-20)27(10-3)11-4/h12-15,18,21-23H,8-11H2,1-7H3. The smallest absolute Gasteiger partial charge is 0.185 e. The van der Waals surface area contributed by atoms with Gasteiger partial charge in [-0.1, -0.05) is 19.4 Å². The summed E-state index contributed by atoms with van der Waals surface area (Å²) in [7, 11) is 4.02. The molecule has 0 N–H and O–H groups in total. The quantitative estimate of drug-likeness (QED) is 0.527. The number of hydrogen-bond donors (Lipinski definition) is 0. The molecule has 1 aromatic carbocycles. The molecule has 1 fully saturated rings. The number of anilines is 2.